The van der Waals surface area contributed by atoms with Gasteiger partial charge in [0.05, 0.1) is 5.56 Å². The van der Waals surface area contributed by atoms with E-state index in [1.807, 2.05) is 0 Å². The third-order valence-corrected chi connectivity index (χ3v) is 5.04. The molecule has 1 fully saturated rings. The van der Waals surface area contributed by atoms with Crippen LogP contribution in [0, 0.1) is 0 Å². The van der Waals surface area contributed by atoms with Gasteiger partial charge >= 0.3 is 24.4 Å². The quantitative estimate of drug-likeness (QED) is 0.414. The molecule has 1 aliphatic rings. The monoisotopic (exact) mass is 475 g/mol. The van der Waals surface area contributed by atoms with E-state index in [2.05, 4.69) is 4.74 Å². The van der Waals surface area contributed by atoms with Crippen molar-refractivity contribution in [3.05, 3.63) is 71.3 Å². The molecule has 5 nitrogen and oxygen atoms in total. The van der Waals surface area contributed by atoms with Crippen LogP contribution >= 0.6 is 0 Å². The molecule has 178 valence electrons. The molecule has 1 heterocycles. The van der Waals surface area contributed by atoms with Crippen molar-refractivity contribution >= 4 is 12.1 Å². The average Bonchev–Trinajstić information content (AvgIpc) is 3.25. The normalized spacial score (nSPS) is 17.5. The Morgan fingerprint density at radius 2 is 1.61 bits per heavy atom. The molecule has 0 radical (unpaired) electrons. The molecule has 0 saturated carbocycles. The first-order valence-corrected chi connectivity index (χ1v) is 9.88. The largest absolute Gasteiger partial charge is 0.446 e. The molecule has 0 aliphatic carbocycles. The first-order valence-electron chi connectivity index (χ1n) is 9.88. The highest BCUT2D eigenvalue weighted by atomic mass is 19.4. The summed E-state index contributed by atoms with van der Waals surface area (Å²) in [5.74, 6) is -1.31. The van der Waals surface area contributed by atoms with Crippen molar-refractivity contribution in [3.63, 3.8) is 0 Å². The molecule has 0 spiro atoms. The van der Waals surface area contributed by atoms with Crippen LogP contribution in [0.4, 0.5) is 31.1 Å². The van der Waals surface area contributed by atoms with Gasteiger partial charge in [0.1, 0.15) is 12.6 Å². The van der Waals surface area contributed by atoms with Crippen molar-refractivity contribution in [2.75, 3.05) is 6.54 Å². The lowest BCUT2D eigenvalue weighted by Crippen LogP contribution is -2.43. The number of rotatable bonds is 5. The minimum Gasteiger partial charge on any atom is -0.446 e. The number of ether oxygens (including phenoxy) is 2. The Bertz CT molecular complexity index is 960. The van der Waals surface area contributed by atoms with Gasteiger partial charge in [-0.25, -0.2) is 9.59 Å². The van der Waals surface area contributed by atoms with Crippen LogP contribution in [0.2, 0.25) is 0 Å². The van der Waals surface area contributed by atoms with Crippen LogP contribution in [0.5, 0.6) is 0 Å². The van der Waals surface area contributed by atoms with Crippen LogP contribution in [-0.2, 0) is 27.1 Å². The van der Waals surface area contributed by atoms with Gasteiger partial charge in [0.15, 0.2) is 0 Å². The van der Waals surface area contributed by atoms with Crippen LogP contribution in [0.25, 0.3) is 0 Å². The van der Waals surface area contributed by atoms with Gasteiger partial charge in [0.2, 0.25) is 6.10 Å². The lowest BCUT2D eigenvalue weighted by atomic mass is 10.1. The number of benzene rings is 2. The maximum Gasteiger partial charge on any atom is 0.429 e. The van der Waals surface area contributed by atoms with Gasteiger partial charge in [-0.1, -0.05) is 42.5 Å². The molecule has 11 heteroatoms. The van der Waals surface area contributed by atoms with Gasteiger partial charge in [-0.2, -0.15) is 26.3 Å². The third kappa shape index (κ3) is 6.17. The van der Waals surface area contributed by atoms with Crippen molar-refractivity contribution in [2.24, 2.45) is 0 Å². The zero-order valence-corrected chi connectivity index (χ0v) is 17.0. The molecule has 33 heavy (non-hydrogen) atoms. The summed E-state index contributed by atoms with van der Waals surface area (Å²) in [5.41, 5.74) is -1.12. The fourth-order valence-corrected chi connectivity index (χ4v) is 3.40. The van der Waals surface area contributed by atoms with Crippen molar-refractivity contribution < 1.29 is 45.4 Å². The number of halogens is 6. The van der Waals surface area contributed by atoms with Crippen LogP contribution in [-0.4, -0.2) is 35.7 Å². The fraction of sp³-hybridized carbons (Fsp3) is 0.364. The van der Waals surface area contributed by atoms with Crippen molar-refractivity contribution in [2.45, 2.75) is 43.9 Å². The highest BCUT2D eigenvalue weighted by Gasteiger charge is 2.47. The Labute approximate surface area is 184 Å². The molecule has 0 aromatic heterocycles. The number of hydrogen-bond donors (Lipinski definition) is 0. The lowest BCUT2D eigenvalue weighted by Gasteiger charge is -2.26. The van der Waals surface area contributed by atoms with Gasteiger partial charge < -0.3 is 9.47 Å². The fourth-order valence-electron chi connectivity index (χ4n) is 3.40. The Morgan fingerprint density at radius 3 is 2.18 bits per heavy atom. The molecule has 2 aromatic carbocycles. The van der Waals surface area contributed by atoms with Crippen LogP contribution in [0.3, 0.4) is 0 Å². The lowest BCUT2D eigenvalue weighted by molar-refractivity contribution is -0.226. The minimum atomic E-state index is -5.08. The smallest absolute Gasteiger partial charge is 0.429 e. The summed E-state index contributed by atoms with van der Waals surface area (Å²) >= 11 is 0. The number of alkyl halides is 6. The number of carbonyl (C=O) groups excluding carboxylic acids is 2. The number of likely N-dealkylation sites (tertiary alicyclic amines) is 1. The van der Waals surface area contributed by atoms with E-state index < -0.39 is 47.7 Å². The summed E-state index contributed by atoms with van der Waals surface area (Å²) in [6, 6.07) is 9.52. The number of carbonyl (C=O) groups is 2. The third-order valence-electron chi connectivity index (χ3n) is 5.04. The van der Waals surface area contributed by atoms with Gasteiger partial charge in [-0.05, 0) is 30.5 Å². The second-order valence-corrected chi connectivity index (χ2v) is 7.37. The summed E-state index contributed by atoms with van der Waals surface area (Å²) in [6.45, 7) is -0.000967. The maximum atomic E-state index is 13.5. The predicted molar refractivity (Wildman–Crippen MR) is 103 cm³/mol. The number of hydrogen-bond acceptors (Lipinski definition) is 4. The summed E-state index contributed by atoms with van der Waals surface area (Å²) in [4.78, 5) is 25.9. The van der Waals surface area contributed by atoms with E-state index in [4.69, 9.17) is 4.74 Å². The van der Waals surface area contributed by atoms with E-state index in [9.17, 15) is 35.9 Å². The standard InChI is InChI=1S/C22H19F6NO4/c23-21(24,25)16-10-8-15(9-11-16)18(22(26,27)28)33-19(30)17-7-4-12-29(17)20(31)32-13-14-5-2-1-3-6-14/h1-3,5-6,8-11,17-18H,4,7,12-13H2/t17-,18-/m0/s1. The molecule has 0 bridgehead atoms. The molecule has 2 atom stereocenters. The Hall–Kier alpha value is -3.24. The van der Waals surface area contributed by atoms with Gasteiger partial charge in [-0.15, -0.1) is 0 Å². The first kappa shape index (κ1) is 24.4. The van der Waals surface area contributed by atoms with E-state index >= 15 is 0 Å². The molecule has 0 N–H and O–H groups in total. The topological polar surface area (TPSA) is 55.8 Å². The van der Waals surface area contributed by atoms with E-state index in [1.165, 1.54) is 0 Å². The zero-order chi connectivity index (χ0) is 24.2. The second-order valence-electron chi connectivity index (χ2n) is 7.37. The van der Waals surface area contributed by atoms with E-state index in [0.29, 0.717) is 36.2 Å². The van der Waals surface area contributed by atoms with E-state index in [-0.39, 0.29) is 19.6 Å². The summed E-state index contributed by atoms with van der Waals surface area (Å²) in [5, 5.41) is 0. The summed E-state index contributed by atoms with van der Waals surface area (Å²) < 4.78 is 88.6. The highest BCUT2D eigenvalue weighted by molar-refractivity contribution is 5.82. The summed E-state index contributed by atoms with van der Waals surface area (Å²) in [6.07, 6.45) is -13.1. The van der Waals surface area contributed by atoms with E-state index in [1.54, 1.807) is 30.3 Å². The van der Waals surface area contributed by atoms with Gasteiger partial charge in [-0.3, -0.25) is 4.90 Å². The van der Waals surface area contributed by atoms with Crippen molar-refractivity contribution in [3.8, 4) is 0 Å². The molecule has 1 amide bonds. The maximum absolute atomic E-state index is 13.5. The van der Waals surface area contributed by atoms with Crippen LogP contribution in [0.1, 0.15) is 35.6 Å². The minimum absolute atomic E-state index is 0.0663. The van der Waals surface area contributed by atoms with Crippen LogP contribution in [0.15, 0.2) is 54.6 Å². The van der Waals surface area contributed by atoms with Crippen molar-refractivity contribution in [1.82, 2.24) is 4.90 Å². The molecule has 2 aromatic rings. The molecule has 3 rings (SSSR count). The Morgan fingerprint density at radius 1 is 0.970 bits per heavy atom. The molecule has 1 aliphatic heterocycles. The molecular weight excluding hydrogens is 456 g/mol. The van der Waals surface area contributed by atoms with Crippen molar-refractivity contribution in [1.29, 1.82) is 0 Å². The second kappa shape index (κ2) is 9.72. The Balaban J connectivity index is 1.70. The molecule has 0 unspecified atom stereocenters. The van der Waals surface area contributed by atoms with Gasteiger partial charge in [0.25, 0.3) is 0 Å². The highest BCUT2D eigenvalue weighted by Crippen LogP contribution is 2.38. The average molecular weight is 475 g/mol. The van der Waals surface area contributed by atoms with Crippen LogP contribution < -0.4 is 0 Å². The number of nitrogens with zero attached hydrogens (tertiary/aromatic N) is 1. The SMILES string of the molecule is O=C(O[C@@H](c1ccc(C(F)(F)F)cc1)C(F)(F)F)[C@@H]1CCCN1C(=O)OCc1ccccc1. The Kier molecular flexibility index (Phi) is 7.19. The first-order chi connectivity index (χ1) is 15.5. The zero-order valence-electron chi connectivity index (χ0n) is 17.0. The van der Waals surface area contributed by atoms with Gasteiger partial charge in [0, 0.05) is 12.1 Å². The number of esters is 1. The predicted octanol–water partition coefficient (Wildman–Crippen LogP) is 5.65. The number of amides is 1. The van der Waals surface area contributed by atoms with E-state index in [0.717, 1.165) is 4.90 Å². The molecule has 1 saturated heterocycles. The summed E-state index contributed by atoms with van der Waals surface area (Å²) in [7, 11) is 0. The molecular formula is C22H19F6NO4.